The Balaban J connectivity index is 1.33. The van der Waals surface area contributed by atoms with E-state index in [9.17, 15) is 4.79 Å². The van der Waals surface area contributed by atoms with Gasteiger partial charge in [-0.15, -0.1) is 0 Å². The van der Waals surface area contributed by atoms with E-state index in [1.54, 1.807) is 16.7 Å². The Bertz CT molecular complexity index is 1380. The Labute approximate surface area is 188 Å². The van der Waals surface area contributed by atoms with E-state index >= 15 is 0 Å². The lowest BCUT2D eigenvalue weighted by molar-refractivity contribution is 0.174. The van der Waals surface area contributed by atoms with Crippen LogP contribution in [0, 0.1) is 0 Å². The minimum Gasteiger partial charge on any atom is -0.454 e. The Morgan fingerprint density at radius 2 is 1.97 bits per heavy atom. The molecule has 10 heteroatoms. The van der Waals surface area contributed by atoms with E-state index in [0.29, 0.717) is 45.0 Å². The zero-order valence-electron chi connectivity index (χ0n) is 16.1. The van der Waals surface area contributed by atoms with E-state index in [-0.39, 0.29) is 18.4 Å². The fourth-order valence-corrected chi connectivity index (χ4v) is 4.81. The van der Waals surface area contributed by atoms with Crippen molar-refractivity contribution >= 4 is 38.6 Å². The van der Waals surface area contributed by atoms with Gasteiger partial charge in [-0.25, -0.2) is 4.98 Å². The summed E-state index contributed by atoms with van der Waals surface area (Å²) < 4.78 is 19.0. The van der Waals surface area contributed by atoms with Crippen LogP contribution in [0.1, 0.15) is 24.8 Å². The summed E-state index contributed by atoms with van der Waals surface area (Å²) in [5, 5.41) is 5.25. The number of thioether (sulfide) groups is 1. The number of hydrogen-bond acceptors (Lipinski definition) is 8. The first kappa shape index (κ1) is 18.9. The monoisotopic (exact) mass is 498 g/mol. The lowest BCUT2D eigenvalue weighted by Crippen LogP contribution is -2.22. The molecule has 1 fully saturated rings. The van der Waals surface area contributed by atoms with Gasteiger partial charge in [-0.05, 0) is 31.0 Å². The molecule has 1 aliphatic heterocycles. The van der Waals surface area contributed by atoms with Crippen LogP contribution in [0.3, 0.4) is 0 Å². The van der Waals surface area contributed by atoms with Crippen LogP contribution >= 0.6 is 27.7 Å². The molecule has 8 nitrogen and oxygen atoms in total. The van der Waals surface area contributed by atoms with Crippen LogP contribution in [-0.2, 0) is 5.75 Å². The lowest BCUT2D eigenvalue weighted by atomic mass is 10.2. The topological polar surface area (TPSA) is 92.3 Å². The smallest absolute Gasteiger partial charge is 0.262 e. The highest BCUT2D eigenvalue weighted by atomic mass is 79.9. The summed E-state index contributed by atoms with van der Waals surface area (Å²) in [6.07, 6.45) is 1.94. The maximum absolute atomic E-state index is 13.2. The highest BCUT2D eigenvalue weighted by Gasteiger charge is 2.29. The molecule has 0 amide bonds. The molecule has 4 aromatic rings. The van der Waals surface area contributed by atoms with Gasteiger partial charge in [0, 0.05) is 22.1 Å². The second-order valence-corrected chi connectivity index (χ2v) is 9.19. The summed E-state index contributed by atoms with van der Waals surface area (Å²) >= 11 is 4.87. The standard InChI is InChI=1S/C21H15BrN4O4S/c22-12-3-1-2-11(6-12)19-24-18(30-25-19)9-31-21-23-15-8-17-16(28-10-29-17)7-14(15)20(27)26(21)13-4-5-13/h1-3,6-8,13H,4-5,9-10H2. The predicted octanol–water partition coefficient (Wildman–Crippen LogP) is 4.56. The van der Waals surface area contributed by atoms with Gasteiger partial charge in [-0.3, -0.25) is 9.36 Å². The molecule has 6 rings (SSSR count). The van der Waals surface area contributed by atoms with Gasteiger partial charge < -0.3 is 14.0 Å². The molecule has 1 saturated carbocycles. The summed E-state index contributed by atoms with van der Waals surface area (Å²) in [5.74, 6) is 2.60. The van der Waals surface area contributed by atoms with Crippen molar-refractivity contribution < 1.29 is 14.0 Å². The number of ether oxygens (including phenoxy) is 2. The van der Waals surface area contributed by atoms with Gasteiger partial charge in [0.2, 0.25) is 18.5 Å². The molecule has 3 heterocycles. The normalized spacial score (nSPS) is 15.0. The number of nitrogens with zero attached hydrogens (tertiary/aromatic N) is 4. The van der Waals surface area contributed by atoms with E-state index in [2.05, 4.69) is 26.1 Å². The third kappa shape index (κ3) is 3.49. The Morgan fingerprint density at radius 3 is 2.77 bits per heavy atom. The number of fused-ring (bicyclic) bond motifs is 2. The zero-order valence-corrected chi connectivity index (χ0v) is 18.5. The quantitative estimate of drug-likeness (QED) is 0.292. The Kier molecular flexibility index (Phi) is 4.50. The van der Waals surface area contributed by atoms with Gasteiger partial charge in [-0.1, -0.05) is 45.0 Å². The van der Waals surface area contributed by atoms with Crippen molar-refractivity contribution in [2.24, 2.45) is 0 Å². The van der Waals surface area contributed by atoms with Crippen molar-refractivity contribution in [2.75, 3.05) is 6.79 Å². The van der Waals surface area contributed by atoms with Crippen LogP contribution in [0.15, 0.2) is 55.3 Å². The van der Waals surface area contributed by atoms with Crippen LogP contribution in [0.2, 0.25) is 0 Å². The molecule has 0 bridgehead atoms. The van der Waals surface area contributed by atoms with Gasteiger partial charge in [0.05, 0.1) is 16.7 Å². The van der Waals surface area contributed by atoms with E-state index in [4.69, 9.17) is 19.0 Å². The minimum atomic E-state index is -0.0614. The summed E-state index contributed by atoms with van der Waals surface area (Å²) in [4.78, 5) is 22.5. The molecule has 31 heavy (non-hydrogen) atoms. The van der Waals surface area contributed by atoms with E-state index in [0.717, 1.165) is 22.9 Å². The fourth-order valence-electron chi connectivity index (χ4n) is 3.51. The van der Waals surface area contributed by atoms with Crippen molar-refractivity contribution in [1.82, 2.24) is 19.7 Å². The molecule has 1 aliphatic carbocycles. The second-order valence-electron chi connectivity index (χ2n) is 7.33. The Morgan fingerprint density at radius 1 is 1.13 bits per heavy atom. The van der Waals surface area contributed by atoms with Gasteiger partial charge >= 0.3 is 0 Å². The van der Waals surface area contributed by atoms with Crippen LogP contribution in [-0.4, -0.2) is 26.5 Å². The maximum atomic E-state index is 13.2. The van der Waals surface area contributed by atoms with Crippen molar-refractivity contribution in [3.63, 3.8) is 0 Å². The number of halogens is 1. The second kappa shape index (κ2) is 7.38. The minimum absolute atomic E-state index is 0.0614. The number of hydrogen-bond donors (Lipinski definition) is 0. The molecule has 0 atom stereocenters. The number of rotatable bonds is 5. The van der Waals surface area contributed by atoms with Gasteiger partial charge in [0.25, 0.3) is 5.56 Å². The van der Waals surface area contributed by atoms with E-state index in [1.165, 1.54) is 11.8 Å². The molecule has 0 saturated heterocycles. The van der Waals surface area contributed by atoms with Crippen LogP contribution in [0.5, 0.6) is 11.5 Å². The molecular formula is C21H15BrN4O4S. The van der Waals surface area contributed by atoms with E-state index in [1.807, 2.05) is 24.3 Å². The van der Waals surface area contributed by atoms with Crippen molar-refractivity contribution in [1.29, 1.82) is 0 Å². The third-order valence-electron chi connectivity index (χ3n) is 5.15. The summed E-state index contributed by atoms with van der Waals surface area (Å²) in [5.41, 5.74) is 1.40. The van der Waals surface area contributed by atoms with Crippen LogP contribution in [0.4, 0.5) is 0 Å². The van der Waals surface area contributed by atoms with Gasteiger partial charge in [0.15, 0.2) is 16.7 Å². The first-order chi connectivity index (χ1) is 15.2. The van der Waals surface area contributed by atoms with Gasteiger partial charge in [-0.2, -0.15) is 4.98 Å². The molecule has 2 aromatic carbocycles. The van der Waals surface area contributed by atoms with Crippen molar-refractivity contribution in [3.8, 4) is 22.9 Å². The lowest BCUT2D eigenvalue weighted by Gasteiger charge is -2.12. The molecule has 2 aliphatic rings. The number of aromatic nitrogens is 4. The molecule has 0 unspecified atom stereocenters. The van der Waals surface area contributed by atoms with Crippen LogP contribution in [0.25, 0.3) is 22.3 Å². The SMILES string of the molecule is O=c1c2cc3c(cc2nc(SCc2nc(-c4cccc(Br)c4)no2)n1C1CC1)OCO3. The molecule has 156 valence electrons. The first-order valence-corrected chi connectivity index (χ1v) is 11.5. The Hall–Kier alpha value is -2.85. The maximum Gasteiger partial charge on any atom is 0.262 e. The highest BCUT2D eigenvalue weighted by Crippen LogP contribution is 2.39. The molecule has 0 spiro atoms. The molecule has 2 aromatic heterocycles. The fraction of sp³-hybridized carbons (Fsp3) is 0.238. The third-order valence-corrected chi connectivity index (χ3v) is 6.58. The zero-order chi connectivity index (χ0) is 20.9. The van der Waals surface area contributed by atoms with Gasteiger partial charge in [0.1, 0.15) is 0 Å². The average Bonchev–Trinajstić information content (AvgIpc) is 3.30. The summed E-state index contributed by atoms with van der Waals surface area (Å²) in [6.45, 7) is 0.154. The largest absolute Gasteiger partial charge is 0.454 e. The first-order valence-electron chi connectivity index (χ1n) is 9.73. The summed E-state index contributed by atoms with van der Waals surface area (Å²) in [7, 11) is 0. The predicted molar refractivity (Wildman–Crippen MR) is 117 cm³/mol. The number of benzene rings is 2. The van der Waals surface area contributed by atoms with Crippen LogP contribution < -0.4 is 15.0 Å². The van der Waals surface area contributed by atoms with E-state index < -0.39 is 0 Å². The summed E-state index contributed by atoms with van der Waals surface area (Å²) in [6, 6.07) is 11.4. The van der Waals surface area contributed by atoms with Crippen molar-refractivity contribution in [3.05, 3.63) is 57.1 Å². The molecule has 0 N–H and O–H groups in total. The molecule has 0 radical (unpaired) electrons. The average molecular weight is 499 g/mol. The highest BCUT2D eigenvalue weighted by molar-refractivity contribution is 9.10. The van der Waals surface area contributed by atoms with Crippen molar-refractivity contribution in [2.45, 2.75) is 29.8 Å². The molecular weight excluding hydrogens is 484 g/mol.